The zero-order chi connectivity index (χ0) is 28.7. The Labute approximate surface area is 223 Å². The van der Waals surface area contributed by atoms with E-state index in [-0.39, 0.29) is 26.2 Å². The molecule has 0 heterocycles. The van der Waals surface area contributed by atoms with Crippen LogP contribution in [0.3, 0.4) is 0 Å². The van der Waals surface area contributed by atoms with Crippen molar-refractivity contribution in [3.8, 4) is 0 Å². The molecule has 206 valence electrons. The van der Waals surface area contributed by atoms with Crippen LogP contribution in [0.1, 0.15) is 38.1 Å². The number of halogens is 5. The second-order valence-corrected chi connectivity index (χ2v) is 11.2. The lowest BCUT2D eigenvalue weighted by molar-refractivity contribution is -0.192. The molecule has 3 N–H and O–H groups in total. The van der Waals surface area contributed by atoms with Crippen molar-refractivity contribution in [1.29, 1.82) is 0 Å². The van der Waals surface area contributed by atoms with Crippen LogP contribution in [0.4, 0.5) is 24.5 Å². The lowest BCUT2D eigenvalue weighted by Crippen LogP contribution is -2.32. The van der Waals surface area contributed by atoms with E-state index in [1.54, 1.807) is 12.1 Å². The molecular formula is C23H27Cl2F3N2O6S. The Morgan fingerprint density at radius 1 is 0.946 bits per heavy atom. The minimum atomic E-state index is -5.08. The minimum Gasteiger partial charge on any atom is -0.478 e. The number of nitrogens with one attached hydrogen (secondary N) is 1. The van der Waals surface area contributed by atoms with Crippen LogP contribution < -0.4 is 9.62 Å². The van der Waals surface area contributed by atoms with E-state index in [1.165, 1.54) is 24.3 Å². The van der Waals surface area contributed by atoms with Gasteiger partial charge < -0.3 is 15.1 Å². The highest BCUT2D eigenvalue weighted by Gasteiger charge is 2.38. The first-order chi connectivity index (χ1) is 16.8. The van der Waals surface area contributed by atoms with Gasteiger partial charge in [0.25, 0.3) is 10.0 Å². The molecule has 0 fully saturated rings. The van der Waals surface area contributed by atoms with Crippen LogP contribution in [0.25, 0.3) is 0 Å². The number of hydrogen-bond acceptors (Lipinski definition) is 5. The molecule has 0 atom stereocenters. The van der Waals surface area contributed by atoms with Crippen molar-refractivity contribution in [2.24, 2.45) is 11.8 Å². The van der Waals surface area contributed by atoms with Gasteiger partial charge in [0.2, 0.25) is 0 Å². The molecule has 0 aliphatic rings. The maximum absolute atomic E-state index is 12.7. The Balaban J connectivity index is 0.000000856. The minimum absolute atomic E-state index is 0.0330. The van der Waals surface area contributed by atoms with Crippen LogP contribution in [0.15, 0.2) is 41.3 Å². The molecule has 0 bridgehead atoms. The summed E-state index contributed by atoms with van der Waals surface area (Å²) in [6, 6.07) is 8.49. The SMILES string of the molecule is CC(C)CN(CC(C)C)c1ccc(NS(=O)(=O)c2ccc(Cl)c(Cl)c2)cc1C(=O)O.O=C(O)C(F)(F)F. The molecule has 0 aliphatic heterocycles. The van der Waals surface area contributed by atoms with Gasteiger partial charge in [-0.05, 0) is 48.2 Å². The van der Waals surface area contributed by atoms with E-state index in [9.17, 15) is 31.5 Å². The van der Waals surface area contributed by atoms with Gasteiger partial charge in [0.05, 0.1) is 26.2 Å². The smallest absolute Gasteiger partial charge is 0.478 e. The maximum Gasteiger partial charge on any atom is 0.490 e. The summed E-state index contributed by atoms with van der Waals surface area (Å²) in [5, 5.41) is 17.2. The molecule has 2 aromatic rings. The summed E-state index contributed by atoms with van der Waals surface area (Å²) in [5.41, 5.74) is 0.740. The second kappa shape index (κ2) is 13.2. The largest absolute Gasteiger partial charge is 0.490 e. The molecular weight excluding hydrogens is 560 g/mol. The Kier molecular flexibility index (Phi) is 11.5. The van der Waals surface area contributed by atoms with Crippen LogP contribution in [0.2, 0.25) is 10.0 Å². The monoisotopic (exact) mass is 586 g/mol. The standard InChI is InChI=1S/C21H26Cl2N2O4S.C2HF3O2/c1-13(2)11-25(12-14(3)4)20-8-5-15(9-17(20)21(26)27)24-30(28,29)16-6-7-18(22)19(23)10-16;3-2(4,5)1(6)7/h5-10,13-14,24H,11-12H2,1-4H3,(H,26,27);(H,6,7). The van der Waals surface area contributed by atoms with Gasteiger partial charge >= 0.3 is 18.1 Å². The molecule has 0 aliphatic carbocycles. The summed E-state index contributed by atoms with van der Waals surface area (Å²) < 4.78 is 59.5. The molecule has 0 amide bonds. The van der Waals surface area contributed by atoms with Gasteiger partial charge in [-0.15, -0.1) is 0 Å². The van der Waals surface area contributed by atoms with Gasteiger partial charge in [-0.25, -0.2) is 18.0 Å². The molecule has 14 heteroatoms. The van der Waals surface area contributed by atoms with E-state index in [2.05, 4.69) is 32.4 Å². The molecule has 2 aromatic carbocycles. The number of hydrogen-bond donors (Lipinski definition) is 3. The normalized spacial score (nSPS) is 11.6. The number of aliphatic carboxylic acids is 1. The predicted molar refractivity (Wildman–Crippen MR) is 136 cm³/mol. The Bertz CT molecular complexity index is 1210. The van der Waals surface area contributed by atoms with Crippen molar-refractivity contribution in [2.45, 2.75) is 38.8 Å². The first-order valence-corrected chi connectivity index (χ1v) is 13.0. The molecule has 0 saturated carbocycles. The molecule has 0 spiro atoms. The molecule has 0 unspecified atom stereocenters. The van der Waals surface area contributed by atoms with Gasteiger partial charge in [-0.1, -0.05) is 50.9 Å². The van der Waals surface area contributed by atoms with Crippen molar-refractivity contribution >= 4 is 56.5 Å². The van der Waals surface area contributed by atoms with Gasteiger partial charge in [0.1, 0.15) is 0 Å². The summed E-state index contributed by atoms with van der Waals surface area (Å²) in [5.74, 6) is -3.22. The zero-order valence-corrected chi connectivity index (χ0v) is 22.6. The number of carboxylic acid groups (broad SMARTS) is 2. The van der Waals surface area contributed by atoms with Gasteiger partial charge in [-0.2, -0.15) is 13.2 Å². The third-order valence-electron chi connectivity index (χ3n) is 4.43. The van der Waals surface area contributed by atoms with E-state index in [0.29, 0.717) is 30.6 Å². The average molecular weight is 587 g/mol. The highest BCUT2D eigenvalue weighted by Crippen LogP contribution is 2.29. The van der Waals surface area contributed by atoms with Crippen LogP contribution in [-0.4, -0.2) is 49.8 Å². The molecule has 0 radical (unpaired) electrons. The number of nitrogens with zero attached hydrogens (tertiary/aromatic N) is 1. The Morgan fingerprint density at radius 3 is 1.86 bits per heavy atom. The molecule has 2 rings (SSSR count). The highest BCUT2D eigenvalue weighted by atomic mass is 35.5. The average Bonchev–Trinajstić information content (AvgIpc) is 2.73. The second-order valence-electron chi connectivity index (χ2n) is 8.71. The van der Waals surface area contributed by atoms with Gasteiger partial charge in [0, 0.05) is 18.8 Å². The topological polar surface area (TPSA) is 124 Å². The highest BCUT2D eigenvalue weighted by molar-refractivity contribution is 7.92. The first kappa shape index (κ1) is 32.3. The van der Waals surface area contributed by atoms with Crippen LogP contribution >= 0.6 is 23.2 Å². The van der Waals surface area contributed by atoms with E-state index < -0.39 is 28.1 Å². The van der Waals surface area contributed by atoms with Crippen molar-refractivity contribution < 1.29 is 41.4 Å². The predicted octanol–water partition coefficient (Wildman–Crippen LogP) is 6.24. The Morgan fingerprint density at radius 2 is 1.46 bits per heavy atom. The van der Waals surface area contributed by atoms with Crippen LogP contribution in [0, 0.1) is 11.8 Å². The molecule has 0 saturated heterocycles. The number of benzene rings is 2. The summed E-state index contributed by atoms with van der Waals surface area (Å²) in [6.07, 6.45) is -5.08. The number of sulfonamides is 1. The maximum atomic E-state index is 12.7. The lowest BCUT2D eigenvalue weighted by Gasteiger charge is -2.30. The Hall–Kier alpha value is -2.70. The van der Waals surface area contributed by atoms with E-state index in [1.807, 2.05) is 4.90 Å². The molecule has 0 aromatic heterocycles. The number of anilines is 2. The zero-order valence-electron chi connectivity index (χ0n) is 20.3. The number of carboxylic acids is 2. The quantitative estimate of drug-likeness (QED) is 0.317. The van der Waals surface area contributed by atoms with E-state index in [0.717, 1.165) is 0 Å². The summed E-state index contributed by atoms with van der Waals surface area (Å²) >= 11 is 11.8. The van der Waals surface area contributed by atoms with Crippen molar-refractivity contribution in [3.05, 3.63) is 52.0 Å². The third kappa shape index (κ3) is 10.3. The van der Waals surface area contributed by atoms with E-state index in [4.69, 9.17) is 33.1 Å². The molecule has 37 heavy (non-hydrogen) atoms. The fraction of sp³-hybridized carbons (Fsp3) is 0.391. The van der Waals surface area contributed by atoms with Gasteiger partial charge in [0.15, 0.2) is 0 Å². The summed E-state index contributed by atoms with van der Waals surface area (Å²) in [4.78, 5) is 22.8. The number of rotatable bonds is 9. The third-order valence-corrected chi connectivity index (χ3v) is 6.55. The van der Waals surface area contributed by atoms with Crippen molar-refractivity contribution in [2.75, 3.05) is 22.7 Å². The van der Waals surface area contributed by atoms with Crippen LogP contribution in [-0.2, 0) is 14.8 Å². The lowest BCUT2D eigenvalue weighted by atomic mass is 10.1. The van der Waals surface area contributed by atoms with Gasteiger partial charge in [-0.3, -0.25) is 4.72 Å². The summed E-state index contributed by atoms with van der Waals surface area (Å²) in [7, 11) is -3.97. The van der Waals surface area contributed by atoms with E-state index >= 15 is 0 Å². The number of aromatic carboxylic acids is 1. The number of alkyl halides is 3. The first-order valence-electron chi connectivity index (χ1n) is 10.7. The summed E-state index contributed by atoms with van der Waals surface area (Å²) in [6.45, 7) is 9.63. The molecule has 8 nitrogen and oxygen atoms in total. The fourth-order valence-corrected chi connectivity index (χ4v) is 4.50. The van der Waals surface area contributed by atoms with Crippen LogP contribution in [0.5, 0.6) is 0 Å². The fourth-order valence-electron chi connectivity index (χ4n) is 3.06. The number of carbonyl (C=O) groups is 2. The van der Waals surface area contributed by atoms with Crippen molar-refractivity contribution in [3.63, 3.8) is 0 Å². The van der Waals surface area contributed by atoms with Crippen molar-refractivity contribution in [1.82, 2.24) is 0 Å².